The number of ether oxygens (including phenoxy) is 1. The Balaban J connectivity index is 1.22. The fraction of sp³-hybridized carbons (Fsp3) is 0.0690. The molecule has 0 aliphatic rings. The number of benzene rings is 3. The summed E-state index contributed by atoms with van der Waals surface area (Å²) < 4.78 is 7.86. The molecule has 0 bridgehead atoms. The second-order valence-corrected chi connectivity index (χ2v) is 8.38. The Kier molecular flexibility index (Phi) is 6.44. The van der Waals surface area contributed by atoms with E-state index in [0.29, 0.717) is 28.3 Å². The molecule has 7 heteroatoms. The molecular formula is C29H24N4O3. The van der Waals surface area contributed by atoms with Crippen molar-refractivity contribution >= 4 is 28.8 Å². The second-order valence-electron chi connectivity index (χ2n) is 8.38. The highest BCUT2D eigenvalue weighted by Crippen LogP contribution is 2.20. The number of hydrogen-bond acceptors (Lipinski definition) is 4. The van der Waals surface area contributed by atoms with Gasteiger partial charge in [0.25, 0.3) is 11.8 Å². The molecule has 0 aliphatic heterocycles. The number of anilines is 2. The number of fused-ring (bicyclic) bond motifs is 1. The average molecular weight is 477 g/mol. The summed E-state index contributed by atoms with van der Waals surface area (Å²) in [5.74, 6) is 0.0691. The highest BCUT2D eigenvalue weighted by Gasteiger charge is 2.10. The predicted molar refractivity (Wildman–Crippen MR) is 139 cm³/mol. The zero-order chi connectivity index (χ0) is 24.9. The minimum Gasteiger partial charge on any atom is -0.487 e. The maximum absolute atomic E-state index is 12.9. The summed E-state index contributed by atoms with van der Waals surface area (Å²) >= 11 is 0. The summed E-state index contributed by atoms with van der Waals surface area (Å²) in [4.78, 5) is 29.9. The van der Waals surface area contributed by atoms with Crippen molar-refractivity contribution < 1.29 is 14.3 Å². The van der Waals surface area contributed by atoms with Crippen molar-refractivity contribution in [2.75, 3.05) is 10.6 Å². The van der Waals surface area contributed by atoms with E-state index >= 15 is 0 Å². The van der Waals surface area contributed by atoms with Gasteiger partial charge in [0.1, 0.15) is 18.0 Å². The number of pyridine rings is 1. The summed E-state index contributed by atoms with van der Waals surface area (Å²) in [5, 5.41) is 5.72. The summed E-state index contributed by atoms with van der Waals surface area (Å²) in [6.07, 6.45) is 3.95. The van der Waals surface area contributed by atoms with Crippen LogP contribution in [0.5, 0.6) is 5.75 Å². The lowest BCUT2D eigenvalue weighted by Gasteiger charge is -2.10. The van der Waals surface area contributed by atoms with E-state index in [1.165, 1.54) is 0 Å². The molecule has 2 heterocycles. The van der Waals surface area contributed by atoms with Crippen LogP contribution in [-0.2, 0) is 6.61 Å². The Morgan fingerprint density at radius 3 is 2.25 bits per heavy atom. The number of rotatable bonds is 7. The molecule has 2 aromatic heterocycles. The van der Waals surface area contributed by atoms with Crippen molar-refractivity contribution in [1.29, 1.82) is 0 Å². The molecule has 0 saturated heterocycles. The largest absolute Gasteiger partial charge is 0.487 e. The Morgan fingerprint density at radius 1 is 0.778 bits per heavy atom. The molecule has 0 fully saturated rings. The molecule has 0 aliphatic carbocycles. The van der Waals surface area contributed by atoms with Crippen LogP contribution < -0.4 is 15.4 Å². The van der Waals surface area contributed by atoms with Gasteiger partial charge < -0.3 is 19.8 Å². The molecule has 36 heavy (non-hydrogen) atoms. The summed E-state index contributed by atoms with van der Waals surface area (Å²) in [5.41, 5.74) is 4.97. The Hall–Kier alpha value is -4.91. The number of aryl methyl sites for hydroxylation is 1. The third-order valence-corrected chi connectivity index (χ3v) is 5.55. The highest BCUT2D eigenvalue weighted by atomic mass is 16.5. The molecule has 0 atom stereocenters. The topological polar surface area (TPSA) is 84.7 Å². The summed E-state index contributed by atoms with van der Waals surface area (Å²) in [6.45, 7) is 2.32. The van der Waals surface area contributed by atoms with Gasteiger partial charge in [0.15, 0.2) is 0 Å². The van der Waals surface area contributed by atoms with Gasteiger partial charge in [0.2, 0.25) is 0 Å². The van der Waals surface area contributed by atoms with Crippen molar-refractivity contribution in [2.24, 2.45) is 0 Å². The van der Waals surface area contributed by atoms with E-state index in [0.717, 1.165) is 16.9 Å². The number of nitrogens with zero attached hydrogens (tertiary/aromatic N) is 2. The second kappa shape index (κ2) is 10.1. The number of carbonyl (C=O) groups is 2. The van der Waals surface area contributed by atoms with Gasteiger partial charge in [0.05, 0.1) is 5.69 Å². The Bertz CT molecular complexity index is 1540. The molecule has 0 radical (unpaired) electrons. The lowest BCUT2D eigenvalue weighted by Crippen LogP contribution is -2.14. The van der Waals surface area contributed by atoms with E-state index in [1.54, 1.807) is 60.7 Å². The molecule has 5 rings (SSSR count). The number of nitrogens with one attached hydrogen (secondary N) is 2. The van der Waals surface area contributed by atoms with Gasteiger partial charge in [-0.1, -0.05) is 36.4 Å². The molecule has 5 aromatic rings. The van der Waals surface area contributed by atoms with E-state index in [9.17, 15) is 9.59 Å². The minimum absolute atomic E-state index is 0.218. The quantitative estimate of drug-likeness (QED) is 0.314. The van der Waals surface area contributed by atoms with Crippen molar-refractivity contribution in [1.82, 2.24) is 9.38 Å². The van der Waals surface area contributed by atoms with Gasteiger partial charge >= 0.3 is 0 Å². The van der Waals surface area contributed by atoms with Gasteiger partial charge in [-0.3, -0.25) is 9.59 Å². The first-order valence-electron chi connectivity index (χ1n) is 11.5. The summed E-state index contributed by atoms with van der Waals surface area (Å²) in [6, 6.07) is 26.9. The maximum atomic E-state index is 12.9. The third kappa shape index (κ3) is 5.42. The third-order valence-electron chi connectivity index (χ3n) is 5.55. The molecular weight excluding hydrogens is 452 g/mol. The van der Waals surface area contributed by atoms with Crippen LogP contribution in [0, 0.1) is 6.92 Å². The van der Waals surface area contributed by atoms with Crippen LogP contribution in [0.4, 0.5) is 11.4 Å². The normalized spacial score (nSPS) is 10.7. The number of aromatic nitrogens is 2. The van der Waals surface area contributed by atoms with Crippen LogP contribution in [0.3, 0.4) is 0 Å². The first-order valence-corrected chi connectivity index (χ1v) is 11.5. The van der Waals surface area contributed by atoms with Gasteiger partial charge in [-0.25, -0.2) is 4.98 Å². The van der Waals surface area contributed by atoms with Gasteiger partial charge in [-0.05, 0) is 67.1 Å². The zero-order valence-electron chi connectivity index (χ0n) is 19.6. The number of imidazole rings is 1. The zero-order valence-corrected chi connectivity index (χ0v) is 19.6. The SMILES string of the molecule is Cc1ccc2nc(COc3cccc(C(=O)Nc4cccc(NC(=O)c5ccccc5)c4)c3)cn2c1. The monoisotopic (exact) mass is 476 g/mol. The fourth-order valence-corrected chi connectivity index (χ4v) is 3.78. The minimum atomic E-state index is -0.282. The lowest BCUT2D eigenvalue weighted by atomic mass is 10.2. The molecule has 2 N–H and O–H groups in total. The molecule has 2 amide bonds. The van der Waals surface area contributed by atoms with E-state index in [-0.39, 0.29) is 18.4 Å². The molecule has 3 aromatic carbocycles. The van der Waals surface area contributed by atoms with Crippen molar-refractivity contribution in [3.8, 4) is 5.75 Å². The maximum Gasteiger partial charge on any atom is 0.255 e. The van der Waals surface area contributed by atoms with Gasteiger partial charge in [0, 0.05) is 34.9 Å². The average Bonchev–Trinajstić information content (AvgIpc) is 3.30. The lowest BCUT2D eigenvalue weighted by molar-refractivity contribution is 0.101. The van der Waals surface area contributed by atoms with E-state index < -0.39 is 0 Å². The van der Waals surface area contributed by atoms with E-state index in [1.807, 2.05) is 54.0 Å². The molecule has 7 nitrogen and oxygen atoms in total. The predicted octanol–water partition coefficient (Wildman–Crippen LogP) is 5.73. The number of hydrogen-bond donors (Lipinski definition) is 2. The highest BCUT2D eigenvalue weighted by molar-refractivity contribution is 6.06. The molecule has 178 valence electrons. The Labute approximate surface area is 208 Å². The van der Waals surface area contributed by atoms with Gasteiger partial charge in [-0.15, -0.1) is 0 Å². The first-order chi connectivity index (χ1) is 17.5. The Morgan fingerprint density at radius 2 is 1.47 bits per heavy atom. The van der Waals surface area contributed by atoms with Crippen LogP contribution in [0.15, 0.2) is 103 Å². The molecule has 0 unspecified atom stereocenters. The summed E-state index contributed by atoms with van der Waals surface area (Å²) in [7, 11) is 0. The van der Waals surface area contributed by atoms with Crippen LogP contribution in [0.1, 0.15) is 32.0 Å². The van der Waals surface area contributed by atoms with E-state index in [4.69, 9.17) is 4.74 Å². The molecule has 0 spiro atoms. The van der Waals surface area contributed by atoms with Crippen LogP contribution in [0.2, 0.25) is 0 Å². The van der Waals surface area contributed by atoms with Crippen molar-refractivity contribution in [2.45, 2.75) is 13.5 Å². The van der Waals surface area contributed by atoms with Crippen LogP contribution in [0.25, 0.3) is 5.65 Å². The van der Waals surface area contributed by atoms with Crippen molar-refractivity contribution in [3.63, 3.8) is 0 Å². The van der Waals surface area contributed by atoms with Crippen LogP contribution >= 0.6 is 0 Å². The van der Waals surface area contributed by atoms with E-state index in [2.05, 4.69) is 15.6 Å². The van der Waals surface area contributed by atoms with Crippen molar-refractivity contribution in [3.05, 3.63) is 126 Å². The number of carbonyl (C=O) groups excluding carboxylic acids is 2. The molecule has 0 saturated carbocycles. The van der Waals surface area contributed by atoms with Crippen LogP contribution in [-0.4, -0.2) is 21.2 Å². The fourth-order valence-electron chi connectivity index (χ4n) is 3.78. The van der Waals surface area contributed by atoms with Gasteiger partial charge in [-0.2, -0.15) is 0 Å². The standard InChI is InChI=1S/C29H24N4O3/c1-20-13-14-27-30-25(18-33(27)17-20)19-36-26-12-5-9-22(15-26)29(35)32-24-11-6-10-23(16-24)31-28(34)21-7-3-2-4-8-21/h2-18H,19H2,1H3,(H,31,34)(H,32,35). The smallest absolute Gasteiger partial charge is 0.255 e. The number of amides is 2. The first kappa shape index (κ1) is 22.9.